The van der Waals surface area contributed by atoms with Gasteiger partial charge in [-0.25, -0.2) is 0 Å². The Bertz CT molecular complexity index is 914. The first-order valence-corrected chi connectivity index (χ1v) is 7.22. The van der Waals surface area contributed by atoms with E-state index in [9.17, 15) is 9.90 Å². The van der Waals surface area contributed by atoms with Crippen molar-refractivity contribution < 1.29 is 9.90 Å². The molecule has 0 saturated carbocycles. The molecular weight excluding hydrogens is 302 g/mol. The van der Waals surface area contributed by atoms with Crippen molar-refractivity contribution in [3.63, 3.8) is 0 Å². The van der Waals surface area contributed by atoms with E-state index in [1.54, 1.807) is 54.9 Å². The second kappa shape index (κ2) is 6.63. The van der Waals surface area contributed by atoms with Crippen LogP contribution in [0.1, 0.15) is 15.9 Å². The molecule has 0 bridgehead atoms. The highest BCUT2D eigenvalue weighted by atomic mass is 16.3. The quantitative estimate of drug-likeness (QED) is 0.773. The van der Waals surface area contributed by atoms with Crippen molar-refractivity contribution in [1.82, 2.24) is 4.98 Å². The molecule has 2 aromatic carbocycles. The van der Waals surface area contributed by atoms with E-state index in [0.717, 1.165) is 11.1 Å². The van der Waals surface area contributed by atoms with Crippen LogP contribution in [0.25, 0.3) is 11.1 Å². The summed E-state index contributed by atoms with van der Waals surface area (Å²) >= 11 is 0. The smallest absolute Gasteiger partial charge is 0.259 e. The Labute approximate surface area is 138 Å². The third-order valence-electron chi connectivity index (χ3n) is 3.53. The van der Waals surface area contributed by atoms with Crippen molar-refractivity contribution in [2.45, 2.75) is 0 Å². The van der Waals surface area contributed by atoms with Gasteiger partial charge in [-0.05, 0) is 59.7 Å². The highest BCUT2D eigenvalue weighted by Gasteiger charge is 2.12. The number of hydrogen-bond donors (Lipinski definition) is 2. The first kappa shape index (κ1) is 15.3. The number of phenolic OH excluding ortho intramolecular Hbond substituents is 1. The molecule has 0 radical (unpaired) electrons. The molecule has 1 heterocycles. The van der Waals surface area contributed by atoms with Gasteiger partial charge in [-0.3, -0.25) is 9.78 Å². The SMILES string of the molecule is N#Cc1ccc(NC(=O)c2ccc(-c3ccncc3)cc2O)cc1. The third-order valence-corrected chi connectivity index (χ3v) is 3.53. The largest absolute Gasteiger partial charge is 0.507 e. The number of anilines is 1. The van der Waals surface area contributed by atoms with E-state index in [1.807, 2.05) is 18.2 Å². The van der Waals surface area contributed by atoms with Gasteiger partial charge in [-0.2, -0.15) is 5.26 Å². The molecule has 3 aromatic rings. The zero-order chi connectivity index (χ0) is 16.9. The highest BCUT2D eigenvalue weighted by molar-refractivity contribution is 6.06. The summed E-state index contributed by atoms with van der Waals surface area (Å²) in [5.41, 5.74) is 2.94. The summed E-state index contributed by atoms with van der Waals surface area (Å²) in [6, 6.07) is 17.0. The molecule has 2 N–H and O–H groups in total. The summed E-state index contributed by atoms with van der Waals surface area (Å²) in [7, 11) is 0. The van der Waals surface area contributed by atoms with E-state index >= 15 is 0 Å². The molecular formula is C19H13N3O2. The number of nitriles is 1. The molecule has 5 heteroatoms. The lowest BCUT2D eigenvalue weighted by atomic mass is 10.0. The average molecular weight is 315 g/mol. The van der Waals surface area contributed by atoms with Gasteiger partial charge in [0.25, 0.3) is 5.91 Å². The number of amides is 1. The molecule has 0 saturated heterocycles. The molecule has 0 aliphatic carbocycles. The normalized spacial score (nSPS) is 9.96. The Morgan fingerprint density at radius 3 is 2.33 bits per heavy atom. The Morgan fingerprint density at radius 2 is 1.71 bits per heavy atom. The van der Waals surface area contributed by atoms with Gasteiger partial charge in [0.15, 0.2) is 0 Å². The van der Waals surface area contributed by atoms with Crippen LogP contribution in [0.3, 0.4) is 0 Å². The first-order chi connectivity index (χ1) is 11.7. The molecule has 24 heavy (non-hydrogen) atoms. The van der Waals surface area contributed by atoms with E-state index in [0.29, 0.717) is 11.3 Å². The van der Waals surface area contributed by atoms with Gasteiger partial charge in [0.2, 0.25) is 0 Å². The standard InChI is InChI=1S/C19H13N3O2/c20-12-13-1-4-16(5-2-13)22-19(24)17-6-3-15(11-18(17)23)14-7-9-21-10-8-14/h1-11,23H,(H,22,24). The van der Waals surface area contributed by atoms with Gasteiger partial charge in [0.05, 0.1) is 17.2 Å². The third kappa shape index (κ3) is 3.23. The van der Waals surface area contributed by atoms with Crippen molar-refractivity contribution >= 4 is 11.6 Å². The van der Waals surface area contributed by atoms with Gasteiger partial charge in [0, 0.05) is 18.1 Å². The van der Waals surface area contributed by atoms with Crippen LogP contribution in [0, 0.1) is 11.3 Å². The van der Waals surface area contributed by atoms with Crippen LogP contribution < -0.4 is 5.32 Å². The Balaban J connectivity index is 1.81. The lowest BCUT2D eigenvalue weighted by Gasteiger charge is -2.09. The number of aromatic nitrogens is 1. The maximum absolute atomic E-state index is 12.3. The van der Waals surface area contributed by atoms with E-state index in [-0.39, 0.29) is 11.3 Å². The van der Waals surface area contributed by atoms with Crippen molar-refractivity contribution in [3.8, 4) is 22.9 Å². The molecule has 0 fully saturated rings. The van der Waals surface area contributed by atoms with Crippen LogP contribution in [0.15, 0.2) is 67.0 Å². The van der Waals surface area contributed by atoms with Crippen LogP contribution in [0.4, 0.5) is 5.69 Å². The van der Waals surface area contributed by atoms with Gasteiger partial charge >= 0.3 is 0 Å². The van der Waals surface area contributed by atoms with Gasteiger partial charge in [-0.15, -0.1) is 0 Å². The monoisotopic (exact) mass is 315 g/mol. The fourth-order valence-electron chi connectivity index (χ4n) is 2.27. The second-order valence-electron chi connectivity index (χ2n) is 5.11. The van der Waals surface area contributed by atoms with Crippen molar-refractivity contribution in [2.75, 3.05) is 5.32 Å². The van der Waals surface area contributed by atoms with Gasteiger partial charge < -0.3 is 10.4 Å². The summed E-state index contributed by atoms with van der Waals surface area (Å²) in [5, 5.41) is 21.6. The maximum Gasteiger partial charge on any atom is 0.259 e. The van der Waals surface area contributed by atoms with E-state index in [4.69, 9.17) is 5.26 Å². The minimum Gasteiger partial charge on any atom is -0.507 e. The molecule has 0 atom stereocenters. The Morgan fingerprint density at radius 1 is 1.00 bits per heavy atom. The Kier molecular flexibility index (Phi) is 4.21. The lowest BCUT2D eigenvalue weighted by molar-refractivity contribution is 0.102. The van der Waals surface area contributed by atoms with Gasteiger partial charge in [0.1, 0.15) is 5.75 Å². The van der Waals surface area contributed by atoms with E-state index in [2.05, 4.69) is 10.3 Å². The number of carbonyl (C=O) groups is 1. The summed E-state index contributed by atoms with van der Waals surface area (Å²) in [6.07, 6.45) is 3.33. The molecule has 0 unspecified atom stereocenters. The van der Waals surface area contributed by atoms with Crippen molar-refractivity contribution in [3.05, 3.63) is 78.1 Å². The minimum absolute atomic E-state index is 0.101. The zero-order valence-corrected chi connectivity index (χ0v) is 12.6. The average Bonchev–Trinajstić information content (AvgIpc) is 2.63. The fourth-order valence-corrected chi connectivity index (χ4v) is 2.27. The number of phenols is 1. The van der Waals surface area contributed by atoms with Crippen LogP contribution in [-0.2, 0) is 0 Å². The molecule has 0 aliphatic heterocycles. The molecule has 116 valence electrons. The predicted octanol–water partition coefficient (Wildman–Crippen LogP) is 3.58. The second-order valence-corrected chi connectivity index (χ2v) is 5.11. The fraction of sp³-hybridized carbons (Fsp3) is 0. The molecule has 3 rings (SSSR count). The van der Waals surface area contributed by atoms with E-state index in [1.165, 1.54) is 0 Å². The van der Waals surface area contributed by atoms with Crippen LogP contribution in [0.5, 0.6) is 5.75 Å². The zero-order valence-electron chi connectivity index (χ0n) is 12.6. The summed E-state index contributed by atoms with van der Waals surface area (Å²) in [6.45, 7) is 0. The number of carbonyl (C=O) groups excluding carboxylic acids is 1. The van der Waals surface area contributed by atoms with Crippen LogP contribution in [0.2, 0.25) is 0 Å². The topological polar surface area (TPSA) is 86.0 Å². The molecule has 0 aliphatic rings. The minimum atomic E-state index is -0.418. The van der Waals surface area contributed by atoms with Crippen molar-refractivity contribution in [2.24, 2.45) is 0 Å². The number of benzene rings is 2. The van der Waals surface area contributed by atoms with Crippen molar-refractivity contribution in [1.29, 1.82) is 5.26 Å². The lowest BCUT2D eigenvalue weighted by Crippen LogP contribution is -2.12. The number of rotatable bonds is 3. The number of aromatic hydroxyl groups is 1. The van der Waals surface area contributed by atoms with Crippen LogP contribution >= 0.6 is 0 Å². The molecule has 5 nitrogen and oxygen atoms in total. The number of nitrogens with zero attached hydrogens (tertiary/aromatic N) is 2. The first-order valence-electron chi connectivity index (χ1n) is 7.22. The van der Waals surface area contributed by atoms with Gasteiger partial charge in [-0.1, -0.05) is 6.07 Å². The predicted molar refractivity (Wildman–Crippen MR) is 90.4 cm³/mol. The Hall–Kier alpha value is -3.65. The summed E-state index contributed by atoms with van der Waals surface area (Å²) in [5.74, 6) is -0.519. The molecule has 1 amide bonds. The summed E-state index contributed by atoms with van der Waals surface area (Å²) < 4.78 is 0. The maximum atomic E-state index is 12.3. The number of nitrogens with one attached hydrogen (secondary N) is 1. The number of pyridine rings is 1. The van der Waals surface area contributed by atoms with E-state index < -0.39 is 5.91 Å². The molecule has 1 aromatic heterocycles. The summed E-state index contributed by atoms with van der Waals surface area (Å²) in [4.78, 5) is 16.2. The number of hydrogen-bond acceptors (Lipinski definition) is 4. The highest BCUT2D eigenvalue weighted by Crippen LogP contribution is 2.26. The van der Waals surface area contributed by atoms with Crippen LogP contribution in [-0.4, -0.2) is 16.0 Å². The molecule has 0 spiro atoms.